The van der Waals surface area contributed by atoms with E-state index in [9.17, 15) is 4.79 Å². The highest BCUT2D eigenvalue weighted by Gasteiger charge is 2.05. The third-order valence-electron chi connectivity index (χ3n) is 2.06. The Balaban J connectivity index is 2.10. The van der Waals surface area contributed by atoms with E-state index in [-0.39, 0.29) is 6.03 Å². The lowest BCUT2D eigenvalue weighted by Crippen LogP contribution is -2.19. The van der Waals surface area contributed by atoms with Gasteiger partial charge in [-0.1, -0.05) is 29.3 Å². The van der Waals surface area contributed by atoms with E-state index in [0.29, 0.717) is 5.02 Å². The number of halogens is 1. The highest BCUT2D eigenvalue weighted by atomic mass is 35.5. The van der Waals surface area contributed by atoms with Crippen LogP contribution in [-0.4, -0.2) is 15.8 Å². The SMILES string of the molecule is Cc1ccc(NC(=O)n2cc(Cl)cn2)cc1. The average molecular weight is 236 g/mol. The number of amides is 1. The fourth-order valence-electron chi connectivity index (χ4n) is 1.23. The summed E-state index contributed by atoms with van der Waals surface area (Å²) < 4.78 is 1.15. The van der Waals surface area contributed by atoms with E-state index in [1.54, 1.807) is 0 Å². The highest BCUT2D eigenvalue weighted by Crippen LogP contribution is 2.10. The van der Waals surface area contributed by atoms with Crippen molar-refractivity contribution in [2.45, 2.75) is 6.92 Å². The summed E-state index contributed by atoms with van der Waals surface area (Å²) in [7, 11) is 0. The van der Waals surface area contributed by atoms with Gasteiger partial charge in [-0.15, -0.1) is 0 Å². The van der Waals surface area contributed by atoms with Crippen molar-refractivity contribution in [3.63, 3.8) is 0 Å². The summed E-state index contributed by atoms with van der Waals surface area (Å²) in [6.45, 7) is 1.98. The van der Waals surface area contributed by atoms with Gasteiger partial charge in [0.25, 0.3) is 0 Å². The first-order valence-electron chi connectivity index (χ1n) is 4.73. The molecule has 0 unspecified atom stereocenters. The van der Waals surface area contributed by atoms with Gasteiger partial charge < -0.3 is 5.32 Å². The number of aromatic nitrogens is 2. The monoisotopic (exact) mass is 235 g/mol. The molecule has 16 heavy (non-hydrogen) atoms. The molecule has 0 saturated carbocycles. The van der Waals surface area contributed by atoms with Crippen LogP contribution in [0.1, 0.15) is 5.56 Å². The Hall–Kier alpha value is -1.81. The molecule has 0 radical (unpaired) electrons. The zero-order valence-electron chi connectivity index (χ0n) is 8.64. The molecule has 0 aliphatic heterocycles. The van der Waals surface area contributed by atoms with Crippen molar-refractivity contribution in [1.29, 1.82) is 0 Å². The van der Waals surface area contributed by atoms with Crippen molar-refractivity contribution < 1.29 is 4.79 Å². The summed E-state index contributed by atoms with van der Waals surface area (Å²) in [5, 5.41) is 6.93. The van der Waals surface area contributed by atoms with Gasteiger partial charge in [0.15, 0.2) is 0 Å². The number of nitrogens with zero attached hydrogens (tertiary/aromatic N) is 2. The first-order valence-corrected chi connectivity index (χ1v) is 5.11. The molecule has 0 aliphatic carbocycles. The molecule has 1 heterocycles. The number of benzene rings is 1. The predicted molar refractivity (Wildman–Crippen MR) is 62.8 cm³/mol. The van der Waals surface area contributed by atoms with Crippen LogP contribution >= 0.6 is 11.6 Å². The van der Waals surface area contributed by atoms with Crippen molar-refractivity contribution in [1.82, 2.24) is 9.78 Å². The van der Waals surface area contributed by atoms with E-state index in [2.05, 4.69) is 10.4 Å². The second-order valence-electron chi connectivity index (χ2n) is 3.40. The summed E-state index contributed by atoms with van der Waals surface area (Å²) in [4.78, 5) is 11.6. The summed E-state index contributed by atoms with van der Waals surface area (Å²) in [6.07, 6.45) is 2.86. The van der Waals surface area contributed by atoms with E-state index < -0.39 is 0 Å². The minimum absolute atomic E-state index is 0.337. The van der Waals surface area contributed by atoms with Crippen LogP contribution in [0.5, 0.6) is 0 Å². The zero-order valence-corrected chi connectivity index (χ0v) is 9.40. The summed E-state index contributed by atoms with van der Waals surface area (Å²) in [5.74, 6) is 0. The van der Waals surface area contributed by atoms with Crippen molar-refractivity contribution in [2.75, 3.05) is 5.32 Å². The summed E-state index contributed by atoms with van der Waals surface area (Å²) >= 11 is 5.66. The van der Waals surface area contributed by atoms with Gasteiger partial charge in [0, 0.05) is 5.69 Å². The molecule has 1 aromatic heterocycles. The van der Waals surface area contributed by atoms with Crippen LogP contribution in [-0.2, 0) is 0 Å². The Kier molecular flexibility index (Phi) is 2.92. The fourth-order valence-corrected chi connectivity index (χ4v) is 1.37. The Labute approximate surface area is 97.8 Å². The van der Waals surface area contributed by atoms with E-state index in [1.807, 2.05) is 31.2 Å². The zero-order chi connectivity index (χ0) is 11.5. The molecule has 0 saturated heterocycles. The van der Waals surface area contributed by atoms with Gasteiger partial charge in [0.1, 0.15) is 0 Å². The van der Waals surface area contributed by atoms with Gasteiger partial charge in [-0.25, -0.2) is 4.79 Å². The number of carbonyl (C=O) groups excluding carboxylic acids is 1. The van der Waals surface area contributed by atoms with Crippen LogP contribution in [0, 0.1) is 6.92 Å². The summed E-state index contributed by atoms with van der Waals surface area (Å²) in [5.41, 5.74) is 1.86. The molecule has 1 amide bonds. The van der Waals surface area contributed by atoms with Crippen molar-refractivity contribution in [2.24, 2.45) is 0 Å². The molecule has 5 heteroatoms. The van der Waals surface area contributed by atoms with E-state index in [0.717, 1.165) is 15.9 Å². The van der Waals surface area contributed by atoms with Crippen LogP contribution in [0.15, 0.2) is 36.7 Å². The van der Waals surface area contributed by atoms with Gasteiger partial charge >= 0.3 is 6.03 Å². The molecule has 82 valence electrons. The molecule has 0 fully saturated rings. The lowest BCUT2D eigenvalue weighted by atomic mass is 10.2. The van der Waals surface area contributed by atoms with Crippen LogP contribution in [0.25, 0.3) is 0 Å². The Morgan fingerprint density at radius 2 is 2.06 bits per heavy atom. The lowest BCUT2D eigenvalue weighted by Gasteiger charge is -2.04. The van der Waals surface area contributed by atoms with Gasteiger partial charge in [-0.05, 0) is 19.1 Å². The maximum absolute atomic E-state index is 11.6. The number of aryl methyl sites for hydroxylation is 1. The van der Waals surface area contributed by atoms with Crippen LogP contribution in [0.3, 0.4) is 0 Å². The molecule has 0 aliphatic rings. The Bertz CT molecular complexity index is 504. The minimum Gasteiger partial charge on any atom is -0.306 e. The molecule has 4 nitrogen and oxygen atoms in total. The molecule has 0 spiro atoms. The van der Waals surface area contributed by atoms with E-state index >= 15 is 0 Å². The largest absolute Gasteiger partial charge is 0.346 e. The number of nitrogens with one attached hydrogen (secondary N) is 1. The fraction of sp³-hybridized carbons (Fsp3) is 0.0909. The molecular formula is C11H10ClN3O. The Morgan fingerprint density at radius 3 is 2.62 bits per heavy atom. The second kappa shape index (κ2) is 4.37. The van der Waals surface area contributed by atoms with Crippen molar-refractivity contribution in [3.8, 4) is 0 Å². The van der Waals surface area contributed by atoms with Crippen molar-refractivity contribution >= 4 is 23.3 Å². The molecule has 1 N–H and O–H groups in total. The second-order valence-corrected chi connectivity index (χ2v) is 3.84. The smallest absolute Gasteiger partial charge is 0.306 e. The van der Waals surface area contributed by atoms with Gasteiger partial charge in [0.05, 0.1) is 17.4 Å². The molecule has 2 rings (SSSR count). The maximum atomic E-state index is 11.6. The Morgan fingerprint density at radius 1 is 1.38 bits per heavy atom. The lowest BCUT2D eigenvalue weighted by molar-refractivity contribution is 0.251. The summed E-state index contributed by atoms with van der Waals surface area (Å²) in [6, 6.07) is 7.17. The molecule has 0 atom stereocenters. The normalized spacial score (nSPS) is 10.1. The highest BCUT2D eigenvalue weighted by molar-refractivity contribution is 6.30. The number of rotatable bonds is 1. The van der Waals surface area contributed by atoms with Gasteiger partial charge in [0.2, 0.25) is 0 Å². The third-order valence-corrected chi connectivity index (χ3v) is 2.26. The topological polar surface area (TPSA) is 46.9 Å². The number of carbonyl (C=O) groups is 1. The quantitative estimate of drug-likeness (QED) is 0.826. The van der Waals surface area contributed by atoms with Crippen LogP contribution in [0.4, 0.5) is 10.5 Å². The first-order chi connectivity index (χ1) is 7.65. The maximum Gasteiger partial charge on any atom is 0.346 e. The van der Waals surface area contributed by atoms with Crippen molar-refractivity contribution in [3.05, 3.63) is 47.2 Å². The standard InChI is InChI=1S/C11H10ClN3O/c1-8-2-4-10(5-3-8)14-11(16)15-7-9(12)6-13-15/h2-7H,1H3,(H,14,16). The number of hydrogen-bond donors (Lipinski definition) is 1. The first kappa shape index (κ1) is 10.7. The number of hydrogen-bond acceptors (Lipinski definition) is 2. The predicted octanol–water partition coefficient (Wildman–Crippen LogP) is 2.93. The molecule has 1 aromatic carbocycles. The minimum atomic E-state index is -0.337. The average Bonchev–Trinajstić information content (AvgIpc) is 2.68. The van der Waals surface area contributed by atoms with Gasteiger partial charge in [-0.2, -0.15) is 9.78 Å². The van der Waals surface area contributed by atoms with Gasteiger partial charge in [-0.3, -0.25) is 0 Å². The van der Waals surface area contributed by atoms with E-state index in [4.69, 9.17) is 11.6 Å². The van der Waals surface area contributed by atoms with E-state index in [1.165, 1.54) is 12.4 Å². The molecule has 2 aromatic rings. The third kappa shape index (κ3) is 2.41. The van der Waals surface area contributed by atoms with Crippen LogP contribution in [0.2, 0.25) is 5.02 Å². The molecule has 0 bridgehead atoms. The van der Waals surface area contributed by atoms with Crippen LogP contribution < -0.4 is 5.32 Å². The number of anilines is 1. The molecular weight excluding hydrogens is 226 g/mol.